The van der Waals surface area contributed by atoms with E-state index >= 15 is 0 Å². The van der Waals surface area contributed by atoms with Crippen LogP contribution in [0.15, 0.2) is 24.3 Å². The molecule has 3 rings (SSSR count). The normalized spacial score (nSPS) is 21.2. The van der Waals surface area contributed by atoms with Gasteiger partial charge in [-0.3, -0.25) is 4.90 Å². The Balaban J connectivity index is 1.44. The second-order valence-corrected chi connectivity index (χ2v) is 8.18. The highest BCUT2D eigenvalue weighted by atomic mass is 15.2. The number of rotatable bonds is 6. The Kier molecular flexibility index (Phi) is 7.14. The molecule has 26 heavy (non-hydrogen) atoms. The van der Waals surface area contributed by atoms with Crippen molar-refractivity contribution >= 4 is 0 Å². The monoisotopic (exact) mass is 353 g/mol. The smallest absolute Gasteiger partial charge is 0.0242 e. The fourth-order valence-electron chi connectivity index (χ4n) is 4.50. The lowest BCUT2D eigenvalue weighted by molar-refractivity contribution is 0.0746. The third kappa shape index (κ3) is 5.33. The fourth-order valence-corrected chi connectivity index (χ4v) is 4.50. The maximum absolute atomic E-state index is 5.46. The molecule has 0 aliphatic carbocycles. The second-order valence-electron chi connectivity index (χ2n) is 8.18. The first-order chi connectivity index (χ1) is 12.7. The van der Waals surface area contributed by atoms with Gasteiger partial charge in [-0.05, 0) is 89.1 Å². The molecule has 2 heterocycles. The number of hydrogen-bond acceptors (Lipinski definition) is 3. The van der Waals surface area contributed by atoms with E-state index in [0.29, 0.717) is 0 Å². The van der Waals surface area contributed by atoms with Crippen molar-refractivity contribution in [2.45, 2.75) is 45.2 Å². The number of terminal acetylenes is 1. The summed E-state index contributed by atoms with van der Waals surface area (Å²) in [5, 5.41) is 0. The zero-order valence-corrected chi connectivity index (χ0v) is 16.7. The summed E-state index contributed by atoms with van der Waals surface area (Å²) >= 11 is 0. The third-order valence-corrected chi connectivity index (χ3v) is 6.34. The molecule has 3 nitrogen and oxygen atoms in total. The molecule has 1 aromatic rings. The van der Waals surface area contributed by atoms with Gasteiger partial charge in [-0.1, -0.05) is 25.0 Å². The number of nitrogens with zero attached hydrogens (tertiary/aromatic N) is 3. The van der Waals surface area contributed by atoms with Crippen LogP contribution in [-0.4, -0.2) is 67.1 Å². The van der Waals surface area contributed by atoms with Gasteiger partial charge >= 0.3 is 0 Å². The van der Waals surface area contributed by atoms with E-state index in [2.05, 4.69) is 58.9 Å². The summed E-state index contributed by atoms with van der Waals surface area (Å²) in [6.07, 6.45) is 10.9. The standard InChI is InChI=1S/C23H35N3/c1-4-20-6-8-21(9-7-20)18-25(5-2)19-22-10-16-26(17-11-22)23-12-14-24(3)15-13-23/h1,6-9,22-23H,5,10-19H2,2-3H3. The average molecular weight is 354 g/mol. The minimum atomic E-state index is 0.837. The maximum Gasteiger partial charge on any atom is 0.0242 e. The zero-order valence-electron chi connectivity index (χ0n) is 16.7. The molecule has 0 amide bonds. The average Bonchev–Trinajstić information content (AvgIpc) is 2.69. The highest BCUT2D eigenvalue weighted by molar-refractivity contribution is 5.34. The summed E-state index contributed by atoms with van der Waals surface area (Å²) in [5.41, 5.74) is 2.34. The summed E-state index contributed by atoms with van der Waals surface area (Å²) in [6, 6.07) is 9.32. The molecule has 0 saturated carbocycles. The van der Waals surface area contributed by atoms with Crippen molar-refractivity contribution in [1.82, 2.24) is 14.7 Å². The Morgan fingerprint density at radius 3 is 2.27 bits per heavy atom. The van der Waals surface area contributed by atoms with E-state index in [9.17, 15) is 0 Å². The van der Waals surface area contributed by atoms with Crippen LogP contribution in [0.5, 0.6) is 0 Å². The van der Waals surface area contributed by atoms with Crippen LogP contribution in [-0.2, 0) is 6.54 Å². The fraction of sp³-hybridized carbons (Fsp3) is 0.652. The second kappa shape index (κ2) is 9.55. The van der Waals surface area contributed by atoms with Crippen molar-refractivity contribution in [3.63, 3.8) is 0 Å². The first-order valence-corrected chi connectivity index (χ1v) is 10.4. The van der Waals surface area contributed by atoms with Crippen LogP contribution < -0.4 is 0 Å². The molecular weight excluding hydrogens is 318 g/mol. The molecular formula is C23H35N3. The largest absolute Gasteiger partial charge is 0.306 e. The molecule has 0 unspecified atom stereocenters. The molecule has 2 aliphatic heterocycles. The van der Waals surface area contributed by atoms with Gasteiger partial charge in [-0.15, -0.1) is 6.42 Å². The van der Waals surface area contributed by atoms with Crippen molar-refractivity contribution in [1.29, 1.82) is 0 Å². The molecule has 2 aliphatic rings. The molecule has 2 saturated heterocycles. The van der Waals surface area contributed by atoms with Crippen molar-refractivity contribution in [2.24, 2.45) is 5.92 Å². The van der Waals surface area contributed by atoms with Crippen LogP contribution >= 0.6 is 0 Å². The number of hydrogen-bond donors (Lipinski definition) is 0. The predicted octanol–water partition coefficient (Wildman–Crippen LogP) is 3.30. The van der Waals surface area contributed by atoms with E-state index in [1.54, 1.807) is 0 Å². The molecule has 0 atom stereocenters. The van der Waals surface area contributed by atoms with Crippen molar-refractivity contribution < 1.29 is 0 Å². The lowest BCUT2D eigenvalue weighted by Crippen LogP contribution is -2.47. The molecule has 2 fully saturated rings. The Hall–Kier alpha value is -1.34. The number of piperidine rings is 2. The third-order valence-electron chi connectivity index (χ3n) is 6.34. The van der Waals surface area contributed by atoms with Gasteiger partial charge in [0.25, 0.3) is 0 Å². The number of likely N-dealkylation sites (tertiary alicyclic amines) is 2. The van der Waals surface area contributed by atoms with Gasteiger partial charge in [0.1, 0.15) is 0 Å². The number of benzene rings is 1. The van der Waals surface area contributed by atoms with Gasteiger partial charge in [0.2, 0.25) is 0 Å². The zero-order chi connectivity index (χ0) is 18.4. The molecule has 0 spiro atoms. The van der Waals surface area contributed by atoms with Gasteiger partial charge in [0.15, 0.2) is 0 Å². The van der Waals surface area contributed by atoms with Gasteiger partial charge in [0, 0.05) is 24.7 Å². The topological polar surface area (TPSA) is 9.72 Å². The SMILES string of the molecule is C#Cc1ccc(CN(CC)CC2CCN(C3CCN(C)CC3)CC2)cc1. The maximum atomic E-state index is 5.46. The summed E-state index contributed by atoms with van der Waals surface area (Å²) in [4.78, 5) is 7.84. The van der Waals surface area contributed by atoms with Gasteiger partial charge in [0.05, 0.1) is 0 Å². The van der Waals surface area contributed by atoms with E-state index in [1.807, 2.05) is 0 Å². The van der Waals surface area contributed by atoms with Crippen LogP contribution in [0.1, 0.15) is 43.7 Å². The summed E-state index contributed by atoms with van der Waals surface area (Å²) < 4.78 is 0. The Bertz CT molecular complexity index is 572. The molecule has 0 N–H and O–H groups in total. The van der Waals surface area contributed by atoms with Gasteiger partial charge in [-0.2, -0.15) is 0 Å². The van der Waals surface area contributed by atoms with Crippen LogP contribution in [0, 0.1) is 18.3 Å². The van der Waals surface area contributed by atoms with Gasteiger partial charge < -0.3 is 9.80 Å². The summed E-state index contributed by atoms with van der Waals surface area (Å²) in [5.74, 6) is 3.55. The van der Waals surface area contributed by atoms with E-state index in [4.69, 9.17) is 6.42 Å². The van der Waals surface area contributed by atoms with Crippen molar-refractivity contribution in [3.8, 4) is 12.3 Å². The van der Waals surface area contributed by atoms with Crippen LogP contribution in [0.3, 0.4) is 0 Å². The highest BCUT2D eigenvalue weighted by Gasteiger charge is 2.27. The lowest BCUT2D eigenvalue weighted by atomic mass is 9.93. The molecule has 3 heteroatoms. The summed E-state index contributed by atoms with van der Waals surface area (Å²) in [7, 11) is 2.25. The first-order valence-electron chi connectivity index (χ1n) is 10.4. The lowest BCUT2D eigenvalue weighted by Gasteiger charge is -2.41. The molecule has 1 aromatic carbocycles. The Morgan fingerprint density at radius 1 is 1.04 bits per heavy atom. The van der Waals surface area contributed by atoms with Crippen LogP contribution in [0.2, 0.25) is 0 Å². The highest BCUT2D eigenvalue weighted by Crippen LogP contribution is 2.24. The van der Waals surface area contributed by atoms with Gasteiger partial charge in [-0.25, -0.2) is 0 Å². The van der Waals surface area contributed by atoms with Crippen LogP contribution in [0.25, 0.3) is 0 Å². The minimum Gasteiger partial charge on any atom is -0.306 e. The Labute approximate surface area is 160 Å². The van der Waals surface area contributed by atoms with Crippen LogP contribution in [0.4, 0.5) is 0 Å². The van der Waals surface area contributed by atoms with Crippen molar-refractivity contribution in [2.75, 3.05) is 46.3 Å². The van der Waals surface area contributed by atoms with E-state index in [1.165, 1.54) is 64.0 Å². The molecule has 142 valence electrons. The predicted molar refractivity (Wildman–Crippen MR) is 110 cm³/mol. The minimum absolute atomic E-state index is 0.837. The van der Waals surface area contributed by atoms with Crippen molar-refractivity contribution in [3.05, 3.63) is 35.4 Å². The first kappa shape index (κ1) is 19.4. The van der Waals surface area contributed by atoms with E-state index in [-0.39, 0.29) is 0 Å². The van der Waals surface area contributed by atoms with E-state index in [0.717, 1.165) is 30.6 Å². The molecule has 0 radical (unpaired) electrons. The molecule has 0 aromatic heterocycles. The quantitative estimate of drug-likeness (QED) is 0.727. The van der Waals surface area contributed by atoms with E-state index < -0.39 is 0 Å². The Morgan fingerprint density at radius 2 is 1.69 bits per heavy atom. The summed E-state index contributed by atoms with van der Waals surface area (Å²) in [6.45, 7) is 10.8. The molecule has 0 bridgehead atoms.